The Hall–Kier alpha value is -2.44. The van der Waals surface area contributed by atoms with Gasteiger partial charge in [-0.3, -0.25) is 9.78 Å². The van der Waals surface area contributed by atoms with Crippen LogP contribution in [0.4, 0.5) is 0 Å². The molecule has 2 aliphatic heterocycles. The zero-order valence-electron chi connectivity index (χ0n) is 13.9. The van der Waals surface area contributed by atoms with Crippen LogP contribution in [0.25, 0.3) is 0 Å². The predicted octanol–water partition coefficient (Wildman–Crippen LogP) is 2.06. The minimum absolute atomic E-state index is 0.0639. The fraction of sp³-hybridized carbons (Fsp3) is 0.368. The van der Waals surface area contributed by atoms with Crippen molar-refractivity contribution in [2.45, 2.75) is 37.4 Å². The molecule has 0 radical (unpaired) electrons. The summed E-state index contributed by atoms with van der Waals surface area (Å²) in [6, 6.07) is 11.0. The number of nitrogens with one attached hydrogen (secondary N) is 2. The van der Waals surface area contributed by atoms with Crippen LogP contribution in [0, 0.1) is 0 Å². The Morgan fingerprint density at radius 3 is 2.76 bits per heavy atom. The average molecular weight is 338 g/mol. The summed E-state index contributed by atoms with van der Waals surface area (Å²) in [7, 11) is 0. The fourth-order valence-electron chi connectivity index (χ4n) is 3.79. The number of rotatable bonds is 3. The number of amides is 1. The van der Waals surface area contributed by atoms with Gasteiger partial charge in [-0.2, -0.15) is 0 Å². The van der Waals surface area contributed by atoms with Gasteiger partial charge in [0.05, 0.1) is 6.04 Å². The van der Waals surface area contributed by atoms with Gasteiger partial charge in [-0.25, -0.2) is 10.9 Å². The van der Waals surface area contributed by atoms with Crippen LogP contribution in [-0.4, -0.2) is 33.5 Å². The Labute approximate surface area is 146 Å². The smallest absolute Gasteiger partial charge is 0.241 e. The van der Waals surface area contributed by atoms with Gasteiger partial charge in [0.25, 0.3) is 0 Å². The van der Waals surface area contributed by atoms with Gasteiger partial charge in [-0.1, -0.05) is 18.2 Å². The van der Waals surface area contributed by atoms with Crippen molar-refractivity contribution in [1.29, 1.82) is 0 Å². The van der Waals surface area contributed by atoms with E-state index in [0.717, 1.165) is 30.5 Å². The molecular formula is C19H22N4O2. The number of carbonyl (C=O) groups excluding carboxylic acids is 1. The first kappa shape index (κ1) is 16.1. The molecule has 2 aromatic rings. The lowest BCUT2D eigenvalue weighted by Crippen LogP contribution is -2.45. The van der Waals surface area contributed by atoms with Gasteiger partial charge in [-0.15, -0.1) is 0 Å². The minimum Gasteiger partial charge on any atom is -0.508 e. The number of likely N-dealkylation sites (tertiary alicyclic amines) is 1. The molecule has 6 heteroatoms. The fourth-order valence-corrected chi connectivity index (χ4v) is 3.79. The first-order valence-electron chi connectivity index (χ1n) is 8.73. The number of phenolic OH excluding ortho intramolecular Hbond substituents is 1. The van der Waals surface area contributed by atoms with Crippen LogP contribution in [0.1, 0.15) is 42.5 Å². The van der Waals surface area contributed by atoms with Crippen molar-refractivity contribution < 1.29 is 9.90 Å². The number of aromatic nitrogens is 1. The molecule has 2 fully saturated rings. The zero-order chi connectivity index (χ0) is 17.2. The van der Waals surface area contributed by atoms with Crippen molar-refractivity contribution >= 4 is 5.91 Å². The number of benzene rings is 1. The largest absolute Gasteiger partial charge is 0.508 e. The molecule has 0 bridgehead atoms. The highest BCUT2D eigenvalue weighted by molar-refractivity contribution is 5.83. The molecule has 2 saturated heterocycles. The SMILES string of the molecule is O=C(C1CC(c2ccc(O)cc2)NN1)N1CCCC1c1cccnc1. The third-order valence-corrected chi connectivity index (χ3v) is 5.10. The predicted molar refractivity (Wildman–Crippen MR) is 93.4 cm³/mol. The normalized spacial score (nSPS) is 26.1. The van der Waals surface area contributed by atoms with Crippen molar-refractivity contribution in [3.63, 3.8) is 0 Å². The maximum Gasteiger partial charge on any atom is 0.241 e. The lowest BCUT2D eigenvalue weighted by Gasteiger charge is -2.27. The van der Waals surface area contributed by atoms with Crippen molar-refractivity contribution in [2.75, 3.05) is 6.54 Å². The topological polar surface area (TPSA) is 77.5 Å². The summed E-state index contributed by atoms with van der Waals surface area (Å²) in [6.07, 6.45) is 6.32. The number of aromatic hydroxyl groups is 1. The summed E-state index contributed by atoms with van der Waals surface area (Å²) in [5.74, 6) is 0.388. The Morgan fingerprint density at radius 1 is 1.16 bits per heavy atom. The van der Waals surface area contributed by atoms with Crippen LogP contribution < -0.4 is 10.9 Å². The molecule has 4 rings (SSSR count). The third-order valence-electron chi connectivity index (χ3n) is 5.10. The molecule has 1 aromatic heterocycles. The van der Waals surface area contributed by atoms with Gasteiger partial charge in [0.2, 0.25) is 5.91 Å². The number of phenols is 1. The molecule has 2 aliphatic rings. The Morgan fingerprint density at radius 2 is 2.00 bits per heavy atom. The minimum atomic E-state index is -0.240. The molecule has 0 spiro atoms. The van der Waals surface area contributed by atoms with Crippen LogP contribution in [0.2, 0.25) is 0 Å². The van der Waals surface area contributed by atoms with E-state index in [2.05, 4.69) is 15.8 Å². The van der Waals surface area contributed by atoms with E-state index in [1.807, 2.05) is 35.4 Å². The molecular weight excluding hydrogens is 316 g/mol. The molecule has 25 heavy (non-hydrogen) atoms. The molecule has 3 heterocycles. The van der Waals surface area contributed by atoms with Gasteiger partial charge in [-0.05, 0) is 48.6 Å². The second-order valence-electron chi connectivity index (χ2n) is 6.70. The van der Waals surface area contributed by atoms with E-state index in [1.165, 1.54) is 0 Å². The van der Waals surface area contributed by atoms with Crippen molar-refractivity contribution in [3.8, 4) is 5.75 Å². The zero-order valence-corrected chi connectivity index (χ0v) is 13.9. The third kappa shape index (κ3) is 3.23. The first-order chi connectivity index (χ1) is 12.2. The standard InChI is InChI=1S/C19H22N4O2/c24-15-7-5-13(6-8-15)16-11-17(22-21-16)19(25)23-10-2-4-18(23)14-3-1-9-20-12-14/h1,3,5-9,12,16-18,21-22,24H,2,4,10-11H2. The maximum atomic E-state index is 13.0. The number of pyridine rings is 1. The van der Waals surface area contributed by atoms with Gasteiger partial charge in [0.1, 0.15) is 11.8 Å². The second-order valence-corrected chi connectivity index (χ2v) is 6.70. The molecule has 1 aromatic carbocycles. The van der Waals surface area contributed by atoms with Crippen molar-refractivity contribution in [3.05, 3.63) is 59.9 Å². The van der Waals surface area contributed by atoms with E-state index >= 15 is 0 Å². The lowest BCUT2D eigenvalue weighted by molar-refractivity contribution is -0.134. The number of carbonyl (C=O) groups is 1. The van der Waals surface area contributed by atoms with Crippen LogP contribution in [0.3, 0.4) is 0 Å². The van der Waals surface area contributed by atoms with Crippen LogP contribution in [0.15, 0.2) is 48.8 Å². The summed E-state index contributed by atoms with van der Waals surface area (Å²) >= 11 is 0. The lowest BCUT2D eigenvalue weighted by atomic mass is 10.0. The summed E-state index contributed by atoms with van der Waals surface area (Å²) in [5, 5.41) is 9.42. The van der Waals surface area contributed by atoms with E-state index in [4.69, 9.17) is 0 Å². The highest BCUT2D eigenvalue weighted by Crippen LogP contribution is 2.33. The molecule has 130 valence electrons. The van der Waals surface area contributed by atoms with Crippen LogP contribution in [-0.2, 0) is 4.79 Å². The summed E-state index contributed by atoms with van der Waals surface area (Å²) in [5.41, 5.74) is 8.53. The van der Waals surface area contributed by atoms with E-state index < -0.39 is 0 Å². The number of hydrogen-bond donors (Lipinski definition) is 3. The summed E-state index contributed by atoms with van der Waals surface area (Å²) in [4.78, 5) is 19.2. The van der Waals surface area contributed by atoms with Crippen LogP contribution >= 0.6 is 0 Å². The Balaban J connectivity index is 1.45. The highest BCUT2D eigenvalue weighted by atomic mass is 16.3. The number of nitrogens with zero attached hydrogens (tertiary/aromatic N) is 2. The van der Waals surface area contributed by atoms with Gasteiger partial charge in [0.15, 0.2) is 0 Å². The van der Waals surface area contributed by atoms with E-state index in [0.29, 0.717) is 6.42 Å². The number of hydrazine groups is 1. The molecule has 0 saturated carbocycles. The van der Waals surface area contributed by atoms with E-state index in [-0.39, 0.29) is 29.8 Å². The van der Waals surface area contributed by atoms with Crippen molar-refractivity contribution in [2.24, 2.45) is 0 Å². The molecule has 3 atom stereocenters. The second kappa shape index (κ2) is 6.82. The molecule has 1 amide bonds. The molecule has 0 aliphatic carbocycles. The summed E-state index contributed by atoms with van der Waals surface area (Å²) < 4.78 is 0. The first-order valence-corrected chi connectivity index (χ1v) is 8.73. The highest BCUT2D eigenvalue weighted by Gasteiger charge is 2.37. The van der Waals surface area contributed by atoms with E-state index in [9.17, 15) is 9.90 Å². The monoisotopic (exact) mass is 338 g/mol. The number of hydrogen-bond acceptors (Lipinski definition) is 5. The Bertz CT molecular complexity index is 735. The molecule has 6 nitrogen and oxygen atoms in total. The van der Waals surface area contributed by atoms with Crippen LogP contribution in [0.5, 0.6) is 5.75 Å². The molecule has 3 N–H and O–H groups in total. The van der Waals surface area contributed by atoms with Crippen molar-refractivity contribution in [1.82, 2.24) is 20.7 Å². The quantitative estimate of drug-likeness (QED) is 0.798. The van der Waals surface area contributed by atoms with Gasteiger partial charge < -0.3 is 10.0 Å². The van der Waals surface area contributed by atoms with E-state index in [1.54, 1.807) is 18.3 Å². The molecule has 3 unspecified atom stereocenters. The maximum absolute atomic E-state index is 13.0. The Kier molecular flexibility index (Phi) is 4.38. The average Bonchev–Trinajstić information content (AvgIpc) is 3.32. The van der Waals surface area contributed by atoms with Gasteiger partial charge in [0, 0.05) is 25.0 Å². The summed E-state index contributed by atoms with van der Waals surface area (Å²) in [6.45, 7) is 0.792. The van der Waals surface area contributed by atoms with Gasteiger partial charge >= 0.3 is 0 Å².